The third-order valence-corrected chi connectivity index (χ3v) is 7.74. The number of benzene rings is 2. The van der Waals surface area contributed by atoms with Crippen molar-refractivity contribution < 1.29 is 9.53 Å². The summed E-state index contributed by atoms with van der Waals surface area (Å²) >= 11 is 1.62. The van der Waals surface area contributed by atoms with E-state index in [0.29, 0.717) is 23.1 Å². The number of methoxy groups -OCH3 is 1. The summed E-state index contributed by atoms with van der Waals surface area (Å²) in [6, 6.07) is 14.1. The van der Waals surface area contributed by atoms with Gasteiger partial charge in [0.2, 0.25) is 11.9 Å². The highest BCUT2D eigenvalue weighted by Gasteiger charge is 2.22. The minimum absolute atomic E-state index is 0.0303. The molecule has 214 valence electrons. The SMILES string of the molecule is C=CC(=O)Nc1cc(Nc2nc(-c3ccc(NC(C)(C)C)cc3)c3sccc3n2)c(OC)cc1N1CCN(C)CC1. The molecule has 1 aliphatic heterocycles. The predicted octanol–water partition coefficient (Wildman–Crippen LogP) is 6.20. The standard InChI is InChI=1S/C31H37N7O2S/c1-7-27(39)32-23-18-24(26(40-6)19-25(23)38-15-13-37(5)14-16-38)34-30-33-22-12-17-41-29(22)28(35-30)20-8-10-21(11-9-20)36-31(2,3)4/h7-12,17-19,36H,1,13-16H2,2-6H3,(H,32,39)(H,33,34,35). The molecule has 9 nitrogen and oxygen atoms in total. The Labute approximate surface area is 245 Å². The van der Waals surface area contributed by atoms with Crippen LogP contribution in [0, 0.1) is 0 Å². The van der Waals surface area contributed by atoms with Gasteiger partial charge in [0.1, 0.15) is 5.75 Å². The number of fused-ring (bicyclic) bond motifs is 1. The van der Waals surface area contributed by atoms with Crippen molar-refractivity contribution in [1.29, 1.82) is 0 Å². The summed E-state index contributed by atoms with van der Waals surface area (Å²) in [6.45, 7) is 13.6. The molecule has 41 heavy (non-hydrogen) atoms. The van der Waals surface area contributed by atoms with Crippen molar-refractivity contribution in [3.8, 4) is 17.0 Å². The number of piperazine rings is 1. The molecule has 0 unspecified atom stereocenters. The summed E-state index contributed by atoms with van der Waals surface area (Å²) in [7, 11) is 3.75. The molecule has 0 bridgehead atoms. The highest BCUT2D eigenvalue weighted by molar-refractivity contribution is 7.17. The predicted molar refractivity (Wildman–Crippen MR) is 171 cm³/mol. The lowest BCUT2D eigenvalue weighted by Crippen LogP contribution is -2.44. The van der Waals surface area contributed by atoms with Gasteiger partial charge in [0, 0.05) is 49.0 Å². The number of hydrogen-bond donors (Lipinski definition) is 3. The number of nitrogens with zero attached hydrogens (tertiary/aromatic N) is 4. The van der Waals surface area contributed by atoms with Crippen LogP contribution in [-0.2, 0) is 4.79 Å². The van der Waals surface area contributed by atoms with E-state index < -0.39 is 0 Å². The van der Waals surface area contributed by atoms with Gasteiger partial charge >= 0.3 is 0 Å². The van der Waals surface area contributed by atoms with Crippen LogP contribution in [-0.4, -0.2) is 66.7 Å². The zero-order valence-electron chi connectivity index (χ0n) is 24.2. The van der Waals surface area contributed by atoms with Gasteiger partial charge in [-0.15, -0.1) is 11.3 Å². The van der Waals surface area contributed by atoms with Crippen molar-refractivity contribution in [3.05, 3.63) is 60.5 Å². The molecular weight excluding hydrogens is 534 g/mol. The Kier molecular flexibility index (Phi) is 8.14. The number of ether oxygens (including phenoxy) is 1. The van der Waals surface area contributed by atoms with E-state index in [1.807, 2.05) is 23.6 Å². The van der Waals surface area contributed by atoms with Crippen LogP contribution < -0.4 is 25.6 Å². The van der Waals surface area contributed by atoms with Gasteiger partial charge in [0.15, 0.2) is 0 Å². The first-order valence-corrected chi connectivity index (χ1v) is 14.5. The number of thiophene rings is 1. The van der Waals surface area contributed by atoms with Crippen molar-refractivity contribution in [2.45, 2.75) is 26.3 Å². The molecule has 4 aromatic rings. The monoisotopic (exact) mass is 571 g/mol. The number of carbonyl (C=O) groups excluding carboxylic acids is 1. The third kappa shape index (κ3) is 6.61. The molecule has 3 N–H and O–H groups in total. The quantitative estimate of drug-likeness (QED) is 0.215. The van der Waals surface area contributed by atoms with Crippen LogP contribution in [0.3, 0.4) is 0 Å². The van der Waals surface area contributed by atoms with E-state index in [1.165, 1.54) is 6.08 Å². The van der Waals surface area contributed by atoms with Crippen molar-refractivity contribution in [1.82, 2.24) is 14.9 Å². The molecule has 1 saturated heterocycles. The van der Waals surface area contributed by atoms with Gasteiger partial charge in [0.25, 0.3) is 0 Å². The molecular formula is C31H37N7O2S. The number of nitrogens with one attached hydrogen (secondary N) is 3. The van der Waals surface area contributed by atoms with Gasteiger partial charge in [-0.2, -0.15) is 0 Å². The molecule has 0 aliphatic carbocycles. The van der Waals surface area contributed by atoms with E-state index in [0.717, 1.165) is 59.0 Å². The number of anilines is 5. The molecule has 1 amide bonds. The summed E-state index contributed by atoms with van der Waals surface area (Å²) in [5.41, 5.74) is 5.94. The molecule has 3 heterocycles. The number of amides is 1. The lowest BCUT2D eigenvalue weighted by Gasteiger charge is -2.35. The first kappa shape index (κ1) is 28.4. The molecule has 2 aromatic carbocycles. The lowest BCUT2D eigenvalue weighted by molar-refractivity contribution is -0.111. The smallest absolute Gasteiger partial charge is 0.247 e. The van der Waals surface area contributed by atoms with E-state index in [2.05, 4.69) is 84.4 Å². The topological polar surface area (TPSA) is 94.6 Å². The molecule has 1 aliphatic rings. The number of carbonyl (C=O) groups is 1. The maximum atomic E-state index is 12.4. The molecule has 2 aromatic heterocycles. The molecule has 0 saturated carbocycles. The fourth-order valence-electron chi connectivity index (χ4n) is 4.81. The zero-order valence-corrected chi connectivity index (χ0v) is 25.1. The average molecular weight is 572 g/mol. The number of likely N-dealkylation sites (N-methyl/N-ethyl adjacent to an activating group) is 1. The summed E-state index contributed by atoms with van der Waals surface area (Å²) in [6.07, 6.45) is 1.27. The number of rotatable bonds is 8. The Morgan fingerprint density at radius 2 is 1.78 bits per heavy atom. The van der Waals surface area contributed by atoms with Crippen molar-refractivity contribution in [2.24, 2.45) is 0 Å². The Morgan fingerprint density at radius 1 is 1.05 bits per heavy atom. The maximum absolute atomic E-state index is 12.4. The summed E-state index contributed by atoms with van der Waals surface area (Å²) in [4.78, 5) is 26.6. The Balaban J connectivity index is 1.52. The molecule has 1 fully saturated rings. The van der Waals surface area contributed by atoms with Crippen LogP contribution in [0.2, 0.25) is 0 Å². The van der Waals surface area contributed by atoms with Crippen LogP contribution in [0.1, 0.15) is 20.8 Å². The van der Waals surface area contributed by atoms with E-state index in [9.17, 15) is 4.79 Å². The highest BCUT2D eigenvalue weighted by Crippen LogP contribution is 2.39. The number of aromatic nitrogens is 2. The molecule has 0 spiro atoms. The first-order chi connectivity index (χ1) is 19.6. The van der Waals surface area contributed by atoms with Gasteiger partial charge in [-0.05, 0) is 63.5 Å². The Bertz CT molecular complexity index is 1550. The maximum Gasteiger partial charge on any atom is 0.247 e. The average Bonchev–Trinajstić information content (AvgIpc) is 3.42. The summed E-state index contributed by atoms with van der Waals surface area (Å²) < 4.78 is 6.82. The van der Waals surface area contributed by atoms with Crippen LogP contribution in [0.15, 0.2) is 60.5 Å². The Morgan fingerprint density at radius 3 is 2.44 bits per heavy atom. The normalized spacial score (nSPS) is 14.1. The zero-order chi connectivity index (χ0) is 29.1. The second-order valence-electron chi connectivity index (χ2n) is 11.2. The third-order valence-electron chi connectivity index (χ3n) is 6.83. The highest BCUT2D eigenvalue weighted by atomic mass is 32.1. The fourth-order valence-corrected chi connectivity index (χ4v) is 5.65. The largest absolute Gasteiger partial charge is 0.494 e. The molecule has 5 rings (SSSR count). The molecule has 10 heteroatoms. The summed E-state index contributed by atoms with van der Waals surface area (Å²) in [5.74, 6) is 0.789. The minimum atomic E-state index is -0.279. The van der Waals surface area contributed by atoms with Crippen LogP contribution >= 0.6 is 11.3 Å². The lowest BCUT2D eigenvalue weighted by atomic mass is 10.1. The first-order valence-electron chi connectivity index (χ1n) is 13.6. The number of hydrogen-bond acceptors (Lipinski definition) is 9. The van der Waals surface area contributed by atoms with E-state index in [4.69, 9.17) is 14.7 Å². The van der Waals surface area contributed by atoms with E-state index >= 15 is 0 Å². The van der Waals surface area contributed by atoms with Crippen LogP contribution in [0.4, 0.5) is 28.7 Å². The van der Waals surface area contributed by atoms with E-state index in [-0.39, 0.29) is 11.4 Å². The van der Waals surface area contributed by atoms with Gasteiger partial charge in [0.05, 0.1) is 40.1 Å². The van der Waals surface area contributed by atoms with Crippen LogP contribution in [0.5, 0.6) is 5.75 Å². The van der Waals surface area contributed by atoms with Gasteiger partial charge in [-0.1, -0.05) is 18.7 Å². The van der Waals surface area contributed by atoms with Crippen molar-refractivity contribution >= 4 is 56.2 Å². The van der Waals surface area contributed by atoms with Crippen LogP contribution in [0.25, 0.3) is 21.5 Å². The molecule has 0 radical (unpaired) electrons. The van der Waals surface area contributed by atoms with Crippen molar-refractivity contribution in [2.75, 3.05) is 61.2 Å². The summed E-state index contributed by atoms with van der Waals surface area (Å²) in [5, 5.41) is 11.9. The Hall–Kier alpha value is -4.15. The van der Waals surface area contributed by atoms with Gasteiger partial charge in [-0.3, -0.25) is 4.79 Å². The van der Waals surface area contributed by atoms with Crippen molar-refractivity contribution in [3.63, 3.8) is 0 Å². The van der Waals surface area contributed by atoms with Gasteiger partial charge < -0.3 is 30.5 Å². The minimum Gasteiger partial charge on any atom is -0.494 e. The van der Waals surface area contributed by atoms with Gasteiger partial charge in [-0.25, -0.2) is 9.97 Å². The second-order valence-corrected chi connectivity index (χ2v) is 12.1. The van der Waals surface area contributed by atoms with E-state index in [1.54, 1.807) is 18.4 Å². The second kappa shape index (κ2) is 11.8. The molecule has 0 atom stereocenters. The fraction of sp³-hybridized carbons (Fsp3) is 0.323.